The lowest BCUT2D eigenvalue weighted by Crippen LogP contribution is -2.26. The highest BCUT2D eigenvalue weighted by Gasteiger charge is 2.16. The fourth-order valence-electron chi connectivity index (χ4n) is 2.49. The Hall–Kier alpha value is -1.42. The maximum absolute atomic E-state index is 4.46. The van der Waals surface area contributed by atoms with Gasteiger partial charge in [-0.05, 0) is 43.8 Å². The number of hydrogen-bond acceptors (Lipinski definition) is 3. The highest BCUT2D eigenvalue weighted by molar-refractivity contribution is 5.32. The first kappa shape index (κ1) is 10.7. The number of imidazole rings is 1. The molecule has 2 aromatic heterocycles. The van der Waals surface area contributed by atoms with E-state index < -0.39 is 0 Å². The lowest BCUT2D eigenvalue weighted by molar-refractivity contribution is 0.458. The Kier molecular flexibility index (Phi) is 2.81. The van der Waals surface area contributed by atoms with Gasteiger partial charge in [0.25, 0.3) is 0 Å². The maximum Gasteiger partial charge on any atom is 0.233 e. The molecule has 0 unspecified atom stereocenters. The lowest BCUT2D eigenvalue weighted by Gasteiger charge is -2.22. The van der Waals surface area contributed by atoms with E-state index in [1.165, 1.54) is 18.4 Å². The van der Waals surface area contributed by atoms with Crippen LogP contribution in [0.2, 0.25) is 0 Å². The van der Waals surface area contributed by atoms with Crippen LogP contribution in [0.1, 0.15) is 36.9 Å². The van der Waals surface area contributed by atoms with Crippen molar-refractivity contribution < 1.29 is 0 Å². The molecule has 1 saturated heterocycles. The van der Waals surface area contributed by atoms with Gasteiger partial charge < -0.3 is 5.32 Å². The molecule has 0 atom stereocenters. The SMILES string of the molecule is CCc1cn2cc(C3CCNCC3)cnc2n1. The van der Waals surface area contributed by atoms with Crippen molar-refractivity contribution in [2.24, 2.45) is 0 Å². The molecule has 0 radical (unpaired) electrons. The molecule has 0 amide bonds. The molecule has 0 spiro atoms. The van der Waals surface area contributed by atoms with Crippen molar-refractivity contribution in [1.82, 2.24) is 19.7 Å². The number of nitrogens with zero attached hydrogens (tertiary/aromatic N) is 3. The van der Waals surface area contributed by atoms with Crippen LogP contribution >= 0.6 is 0 Å². The van der Waals surface area contributed by atoms with Crippen molar-refractivity contribution >= 4 is 5.78 Å². The van der Waals surface area contributed by atoms with Crippen LogP contribution in [0.5, 0.6) is 0 Å². The van der Waals surface area contributed by atoms with Crippen molar-refractivity contribution in [2.75, 3.05) is 13.1 Å². The van der Waals surface area contributed by atoms with Crippen LogP contribution in [0.3, 0.4) is 0 Å². The van der Waals surface area contributed by atoms with Crippen molar-refractivity contribution in [3.63, 3.8) is 0 Å². The number of aromatic nitrogens is 3. The molecule has 3 heterocycles. The van der Waals surface area contributed by atoms with Gasteiger partial charge in [-0.3, -0.25) is 4.40 Å². The summed E-state index contributed by atoms with van der Waals surface area (Å²) < 4.78 is 2.07. The highest BCUT2D eigenvalue weighted by atomic mass is 15.1. The van der Waals surface area contributed by atoms with Crippen LogP contribution in [0.15, 0.2) is 18.6 Å². The van der Waals surface area contributed by atoms with Gasteiger partial charge in [-0.2, -0.15) is 0 Å². The summed E-state index contributed by atoms with van der Waals surface area (Å²) in [4.78, 5) is 8.91. The third-order valence-electron chi connectivity index (χ3n) is 3.55. The zero-order chi connectivity index (χ0) is 11.7. The zero-order valence-corrected chi connectivity index (χ0v) is 10.2. The molecule has 1 aliphatic heterocycles. The molecule has 90 valence electrons. The van der Waals surface area contributed by atoms with Crippen LogP contribution in [-0.2, 0) is 6.42 Å². The second-order valence-electron chi connectivity index (χ2n) is 4.70. The molecule has 3 rings (SSSR count). The summed E-state index contributed by atoms with van der Waals surface area (Å²) in [7, 11) is 0. The molecular weight excluding hydrogens is 212 g/mol. The maximum atomic E-state index is 4.46. The van der Waals surface area contributed by atoms with Crippen LogP contribution < -0.4 is 5.32 Å². The summed E-state index contributed by atoms with van der Waals surface area (Å²) in [6.07, 6.45) is 9.67. The molecule has 2 aromatic rings. The van der Waals surface area contributed by atoms with Gasteiger partial charge in [0.1, 0.15) is 0 Å². The van der Waals surface area contributed by atoms with Gasteiger partial charge in [-0.1, -0.05) is 6.92 Å². The van der Waals surface area contributed by atoms with E-state index in [0.29, 0.717) is 5.92 Å². The summed E-state index contributed by atoms with van der Waals surface area (Å²) in [6.45, 7) is 4.36. The first-order chi connectivity index (χ1) is 8.36. The van der Waals surface area contributed by atoms with E-state index in [1.807, 2.05) is 6.20 Å². The Morgan fingerprint density at radius 2 is 2.18 bits per heavy atom. The van der Waals surface area contributed by atoms with Crippen LogP contribution in [0.25, 0.3) is 5.78 Å². The van der Waals surface area contributed by atoms with Gasteiger partial charge in [-0.25, -0.2) is 9.97 Å². The molecule has 4 heteroatoms. The Balaban J connectivity index is 1.94. The minimum Gasteiger partial charge on any atom is -0.317 e. The van der Waals surface area contributed by atoms with E-state index in [9.17, 15) is 0 Å². The first-order valence-corrected chi connectivity index (χ1v) is 6.41. The number of nitrogens with one attached hydrogen (secondary N) is 1. The summed E-state index contributed by atoms with van der Waals surface area (Å²) in [5.74, 6) is 1.47. The number of aryl methyl sites for hydroxylation is 1. The first-order valence-electron chi connectivity index (χ1n) is 6.41. The van der Waals surface area contributed by atoms with Crippen molar-refractivity contribution in [3.05, 3.63) is 29.8 Å². The summed E-state index contributed by atoms with van der Waals surface area (Å²) in [6, 6.07) is 0. The van der Waals surface area contributed by atoms with Crippen molar-refractivity contribution in [3.8, 4) is 0 Å². The van der Waals surface area contributed by atoms with Gasteiger partial charge in [-0.15, -0.1) is 0 Å². The molecule has 17 heavy (non-hydrogen) atoms. The van der Waals surface area contributed by atoms with Crippen molar-refractivity contribution in [1.29, 1.82) is 0 Å². The van der Waals surface area contributed by atoms with E-state index in [-0.39, 0.29) is 0 Å². The lowest BCUT2D eigenvalue weighted by atomic mass is 9.92. The van der Waals surface area contributed by atoms with E-state index in [0.717, 1.165) is 31.0 Å². The van der Waals surface area contributed by atoms with E-state index >= 15 is 0 Å². The predicted octanol–water partition coefficient (Wildman–Crippen LogP) is 1.76. The molecule has 1 N–H and O–H groups in total. The molecule has 1 fully saturated rings. The van der Waals surface area contributed by atoms with Gasteiger partial charge in [0, 0.05) is 18.6 Å². The molecule has 0 aromatic carbocycles. The number of rotatable bonds is 2. The summed E-state index contributed by atoms with van der Waals surface area (Å²) in [5.41, 5.74) is 2.46. The van der Waals surface area contributed by atoms with E-state index in [2.05, 4.69) is 39.0 Å². The van der Waals surface area contributed by atoms with Gasteiger partial charge in [0.05, 0.1) is 5.69 Å². The Labute approximate surface area is 101 Å². The highest BCUT2D eigenvalue weighted by Crippen LogP contribution is 2.24. The predicted molar refractivity (Wildman–Crippen MR) is 67.2 cm³/mol. The monoisotopic (exact) mass is 230 g/mol. The van der Waals surface area contributed by atoms with Gasteiger partial charge >= 0.3 is 0 Å². The molecular formula is C13H18N4. The average molecular weight is 230 g/mol. The molecule has 0 saturated carbocycles. The quantitative estimate of drug-likeness (QED) is 0.854. The van der Waals surface area contributed by atoms with Crippen molar-refractivity contribution in [2.45, 2.75) is 32.1 Å². The summed E-state index contributed by atoms with van der Waals surface area (Å²) in [5, 5.41) is 3.40. The van der Waals surface area contributed by atoms with Crippen LogP contribution in [0.4, 0.5) is 0 Å². The third kappa shape index (κ3) is 2.05. The minimum absolute atomic E-state index is 0.653. The third-order valence-corrected chi connectivity index (χ3v) is 3.55. The molecule has 0 bridgehead atoms. The molecule has 4 nitrogen and oxygen atoms in total. The van der Waals surface area contributed by atoms with E-state index in [4.69, 9.17) is 0 Å². The number of fused-ring (bicyclic) bond motifs is 1. The van der Waals surface area contributed by atoms with Gasteiger partial charge in [0.2, 0.25) is 5.78 Å². The number of hydrogen-bond donors (Lipinski definition) is 1. The largest absolute Gasteiger partial charge is 0.317 e. The van der Waals surface area contributed by atoms with Crippen LogP contribution in [0, 0.1) is 0 Å². The average Bonchev–Trinajstić information content (AvgIpc) is 2.81. The fraction of sp³-hybridized carbons (Fsp3) is 0.538. The second kappa shape index (κ2) is 4.45. The summed E-state index contributed by atoms with van der Waals surface area (Å²) >= 11 is 0. The van der Waals surface area contributed by atoms with Gasteiger partial charge in [0.15, 0.2) is 0 Å². The second-order valence-corrected chi connectivity index (χ2v) is 4.70. The number of piperidine rings is 1. The van der Waals surface area contributed by atoms with Crippen LogP contribution in [-0.4, -0.2) is 27.5 Å². The standard InChI is InChI=1S/C13H18N4/c1-2-12-9-17-8-11(7-15-13(17)16-12)10-3-5-14-6-4-10/h7-10,14H,2-6H2,1H3. The normalized spacial score (nSPS) is 17.7. The Morgan fingerprint density at radius 1 is 1.35 bits per heavy atom. The Bertz CT molecular complexity index is 511. The minimum atomic E-state index is 0.653. The topological polar surface area (TPSA) is 42.2 Å². The zero-order valence-electron chi connectivity index (χ0n) is 10.2. The molecule has 1 aliphatic rings. The molecule has 0 aliphatic carbocycles. The smallest absolute Gasteiger partial charge is 0.233 e. The fourth-order valence-corrected chi connectivity index (χ4v) is 2.49. The Morgan fingerprint density at radius 3 is 2.94 bits per heavy atom. The van der Waals surface area contributed by atoms with E-state index in [1.54, 1.807) is 0 Å².